The minimum atomic E-state index is -0.166. The molecule has 0 atom stereocenters. The molecule has 0 aromatic heterocycles. The molecule has 2 aromatic rings. The van der Waals surface area contributed by atoms with Crippen molar-refractivity contribution in [2.75, 3.05) is 17.7 Å². The fourth-order valence-corrected chi connectivity index (χ4v) is 2.13. The van der Waals surface area contributed by atoms with Crippen molar-refractivity contribution in [1.82, 2.24) is 0 Å². The Morgan fingerprint density at radius 1 is 1.30 bits per heavy atom. The van der Waals surface area contributed by atoms with Crippen molar-refractivity contribution >= 4 is 33.2 Å². The molecular weight excluding hydrogens is 318 g/mol. The second-order valence-electron chi connectivity index (χ2n) is 4.26. The number of amides is 1. The lowest BCUT2D eigenvalue weighted by Crippen LogP contribution is -2.26. The number of benzene rings is 2. The van der Waals surface area contributed by atoms with Gasteiger partial charge in [0, 0.05) is 28.5 Å². The number of nitriles is 1. The van der Waals surface area contributed by atoms with Crippen LogP contribution in [0, 0.1) is 11.3 Å². The fraction of sp³-hybridized carbons (Fsp3) is 0.0667. The van der Waals surface area contributed by atoms with Crippen molar-refractivity contribution in [2.45, 2.75) is 0 Å². The average molecular weight is 330 g/mol. The van der Waals surface area contributed by atoms with Crippen LogP contribution in [0.4, 0.5) is 11.4 Å². The van der Waals surface area contributed by atoms with Crippen LogP contribution in [-0.4, -0.2) is 13.0 Å². The number of nitrogen functional groups attached to an aromatic ring is 1. The first kappa shape index (κ1) is 14.1. The van der Waals surface area contributed by atoms with Gasteiger partial charge >= 0.3 is 0 Å². The summed E-state index contributed by atoms with van der Waals surface area (Å²) < 4.78 is 0.683. The van der Waals surface area contributed by atoms with E-state index in [-0.39, 0.29) is 5.91 Å². The Morgan fingerprint density at radius 3 is 2.70 bits per heavy atom. The van der Waals surface area contributed by atoms with Crippen molar-refractivity contribution in [2.24, 2.45) is 0 Å². The van der Waals surface area contributed by atoms with Crippen LogP contribution in [0.5, 0.6) is 0 Å². The van der Waals surface area contributed by atoms with E-state index < -0.39 is 0 Å². The Labute approximate surface area is 125 Å². The van der Waals surface area contributed by atoms with Crippen LogP contribution in [0.25, 0.3) is 0 Å². The predicted octanol–water partition coefficient (Wildman–Crippen LogP) is 3.18. The van der Waals surface area contributed by atoms with Crippen LogP contribution < -0.4 is 10.6 Å². The predicted molar refractivity (Wildman–Crippen MR) is 82.4 cm³/mol. The average Bonchev–Trinajstić information content (AvgIpc) is 2.48. The second-order valence-corrected chi connectivity index (χ2v) is 5.12. The molecule has 0 radical (unpaired) electrons. The summed E-state index contributed by atoms with van der Waals surface area (Å²) in [5.74, 6) is -0.166. The van der Waals surface area contributed by atoms with Gasteiger partial charge in [-0.25, -0.2) is 0 Å². The zero-order valence-corrected chi connectivity index (χ0v) is 12.4. The summed E-state index contributed by atoms with van der Waals surface area (Å²) in [6.45, 7) is 0. The van der Waals surface area contributed by atoms with Gasteiger partial charge in [-0.15, -0.1) is 0 Å². The summed E-state index contributed by atoms with van der Waals surface area (Å²) in [7, 11) is 1.67. The molecule has 100 valence electrons. The summed E-state index contributed by atoms with van der Waals surface area (Å²) in [5.41, 5.74) is 7.99. The maximum Gasteiger partial charge on any atom is 0.258 e. The first-order valence-corrected chi connectivity index (χ1v) is 6.65. The highest BCUT2D eigenvalue weighted by atomic mass is 79.9. The molecule has 0 aliphatic heterocycles. The number of anilines is 2. The van der Waals surface area contributed by atoms with E-state index in [0.29, 0.717) is 27.0 Å². The molecule has 0 bridgehead atoms. The molecular formula is C15H12BrN3O. The van der Waals surface area contributed by atoms with E-state index >= 15 is 0 Å². The summed E-state index contributed by atoms with van der Waals surface area (Å²) in [6.07, 6.45) is 0. The normalized spacial score (nSPS) is 9.85. The van der Waals surface area contributed by atoms with Crippen LogP contribution in [0.3, 0.4) is 0 Å². The van der Waals surface area contributed by atoms with E-state index in [1.807, 2.05) is 0 Å². The van der Waals surface area contributed by atoms with Crippen molar-refractivity contribution in [3.8, 4) is 6.07 Å². The van der Waals surface area contributed by atoms with Crippen molar-refractivity contribution in [1.29, 1.82) is 5.26 Å². The van der Waals surface area contributed by atoms with Crippen LogP contribution in [0.2, 0.25) is 0 Å². The fourth-order valence-electron chi connectivity index (χ4n) is 1.76. The number of carbonyl (C=O) groups is 1. The van der Waals surface area contributed by atoms with Crippen molar-refractivity contribution in [3.05, 3.63) is 58.1 Å². The van der Waals surface area contributed by atoms with Crippen molar-refractivity contribution < 1.29 is 4.79 Å². The molecule has 0 aliphatic rings. The number of halogens is 1. The molecule has 0 spiro atoms. The van der Waals surface area contributed by atoms with Gasteiger partial charge < -0.3 is 10.6 Å². The highest BCUT2D eigenvalue weighted by molar-refractivity contribution is 9.10. The lowest BCUT2D eigenvalue weighted by Gasteiger charge is -2.18. The van der Waals surface area contributed by atoms with Gasteiger partial charge in [0.05, 0.1) is 11.6 Å². The first-order valence-electron chi connectivity index (χ1n) is 5.86. The summed E-state index contributed by atoms with van der Waals surface area (Å²) in [5, 5.41) is 8.89. The second kappa shape index (κ2) is 5.76. The third kappa shape index (κ3) is 2.81. The van der Waals surface area contributed by atoms with Gasteiger partial charge in [-0.2, -0.15) is 5.26 Å². The van der Waals surface area contributed by atoms with Gasteiger partial charge in [0.1, 0.15) is 0 Å². The Hall–Kier alpha value is -2.32. The lowest BCUT2D eigenvalue weighted by atomic mass is 10.1. The largest absolute Gasteiger partial charge is 0.398 e. The maximum atomic E-state index is 12.4. The number of carbonyl (C=O) groups excluding carboxylic acids is 1. The molecule has 2 rings (SSSR count). The molecule has 1 amide bonds. The molecule has 20 heavy (non-hydrogen) atoms. The van der Waals surface area contributed by atoms with E-state index in [0.717, 1.165) is 0 Å². The standard InChI is InChI=1S/C15H12BrN3O/c1-19(12-4-2-3-10(7-12)9-17)15(20)11-5-6-14(18)13(16)8-11/h2-8H,18H2,1H3. The number of nitrogens with zero attached hydrogens (tertiary/aromatic N) is 2. The van der Waals surface area contributed by atoms with Crippen LogP contribution in [0.1, 0.15) is 15.9 Å². The number of hydrogen-bond donors (Lipinski definition) is 1. The van der Waals surface area contributed by atoms with E-state index in [9.17, 15) is 4.79 Å². The summed E-state index contributed by atoms with van der Waals surface area (Å²) in [6, 6.07) is 14.0. The molecule has 0 unspecified atom stereocenters. The molecule has 5 heteroatoms. The van der Waals surface area contributed by atoms with Crippen LogP contribution in [0.15, 0.2) is 46.9 Å². The number of nitrogens with two attached hydrogens (primary N) is 1. The quantitative estimate of drug-likeness (QED) is 0.860. The number of hydrogen-bond acceptors (Lipinski definition) is 3. The third-order valence-corrected chi connectivity index (χ3v) is 3.60. The monoisotopic (exact) mass is 329 g/mol. The van der Waals surface area contributed by atoms with Gasteiger partial charge in [0.15, 0.2) is 0 Å². The Kier molecular flexibility index (Phi) is 4.06. The zero-order chi connectivity index (χ0) is 14.7. The van der Waals surface area contributed by atoms with Gasteiger partial charge in [-0.3, -0.25) is 4.79 Å². The minimum absolute atomic E-state index is 0.166. The summed E-state index contributed by atoms with van der Waals surface area (Å²) >= 11 is 3.30. The molecule has 0 saturated carbocycles. The smallest absolute Gasteiger partial charge is 0.258 e. The summed E-state index contributed by atoms with van der Waals surface area (Å²) in [4.78, 5) is 13.9. The first-order chi connectivity index (χ1) is 9.52. The van der Waals surface area contributed by atoms with E-state index in [1.54, 1.807) is 49.5 Å². The molecule has 0 heterocycles. The van der Waals surface area contributed by atoms with E-state index in [4.69, 9.17) is 11.0 Å². The topological polar surface area (TPSA) is 70.1 Å². The van der Waals surface area contributed by atoms with Gasteiger partial charge in [0.25, 0.3) is 5.91 Å². The highest BCUT2D eigenvalue weighted by Crippen LogP contribution is 2.23. The molecule has 2 aromatic carbocycles. The van der Waals surface area contributed by atoms with Gasteiger partial charge in [-0.05, 0) is 52.3 Å². The minimum Gasteiger partial charge on any atom is -0.398 e. The van der Waals surface area contributed by atoms with Gasteiger partial charge in [-0.1, -0.05) is 6.07 Å². The Bertz CT molecular complexity index is 707. The molecule has 4 nitrogen and oxygen atoms in total. The lowest BCUT2D eigenvalue weighted by molar-refractivity contribution is 0.0993. The molecule has 0 saturated heterocycles. The van der Waals surface area contributed by atoms with Crippen LogP contribution in [-0.2, 0) is 0 Å². The van der Waals surface area contributed by atoms with Crippen LogP contribution >= 0.6 is 15.9 Å². The number of rotatable bonds is 2. The molecule has 0 fully saturated rings. The maximum absolute atomic E-state index is 12.4. The molecule has 0 aliphatic carbocycles. The molecule has 2 N–H and O–H groups in total. The van der Waals surface area contributed by atoms with E-state index in [2.05, 4.69) is 22.0 Å². The Balaban J connectivity index is 2.32. The van der Waals surface area contributed by atoms with Crippen molar-refractivity contribution in [3.63, 3.8) is 0 Å². The van der Waals surface area contributed by atoms with Gasteiger partial charge in [0.2, 0.25) is 0 Å². The highest BCUT2D eigenvalue weighted by Gasteiger charge is 2.14. The SMILES string of the molecule is CN(C(=O)c1ccc(N)c(Br)c1)c1cccc(C#N)c1. The third-order valence-electron chi connectivity index (χ3n) is 2.91. The van der Waals surface area contributed by atoms with E-state index in [1.165, 1.54) is 4.90 Å². The zero-order valence-electron chi connectivity index (χ0n) is 10.8. The Morgan fingerprint density at radius 2 is 2.05 bits per heavy atom.